The van der Waals surface area contributed by atoms with E-state index in [4.69, 9.17) is 0 Å². The number of benzene rings is 1. The number of aromatic nitrogens is 4. The Morgan fingerprint density at radius 3 is 2.48 bits per heavy atom. The minimum atomic E-state index is -0.938. The molecule has 0 spiro atoms. The number of thioether (sulfide) groups is 1. The van der Waals surface area contributed by atoms with E-state index >= 15 is 0 Å². The summed E-state index contributed by atoms with van der Waals surface area (Å²) in [4.78, 5) is 34.9. The number of carbonyl (C=O) groups is 1. The topological polar surface area (TPSA) is 93.2 Å². The lowest BCUT2D eigenvalue weighted by Crippen LogP contribution is -2.39. The van der Waals surface area contributed by atoms with Crippen molar-refractivity contribution in [2.75, 3.05) is 19.3 Å². The van der Waals surface area contributed by atoms with E-state index in [0.717, 1.165) is 0 Å². The van der Waals surface area contributed by atoms with Gasteiger partial charge in [0.15, 0.2) is 5.16 Å². The molecule has 0 unspecified atom stereocenters. The van der Waals surface area contributed by atoms with Crippen molar-refractivity contribution in [3.8, 4) is 22.5 Å². The molecule has 1 fully saturated rings. The molecule has 10 heteroatoms. The van der Waals surface area contributed by atoms with Crippen molar-refractivity contribution in [1.82, 2.24) is 24.2 Å². The molecule has 4 rings (SSSR count). The Bertz CT molecular complexity index is 1170. The molecule has 1 N–H and O–H groups in total. The fraction of sp³-hybridized carbons (Fsp3) is 0.333. The molecule has 31 heavy (non-hydrogen) atoms. The van der Waals surface area contributed by atoms with Crippen LogP contribution in [0.3, 0.4) is 0 Å². The first kappa shape index (κ1) is 21.1. The summed E-state index contributed by atoms with van der Waals surface area (Å²) in [5.74, 6) is -0.380. The molecular weight excluding hydrogens is 421 g/mol. The first-order valence-corrected chi connectivity index (χ1v) is 11.1. The Labute approximate surface area is 182 Å². The molecule has 8 nitrogen and oxygen atoms in total. The van der Waals surface area contributed by atoms with Gasteiger partial charge in [-0.1, -0.05) is 23.9 Å². The van der Waals surface area contributed by atoms with E-state index in [1.807, 2.05) is 10.9 Å². The zero-order valence-electron chi connectivity index (χ0n) is 17.2. The molecular formula is C21H22FN5O3S. The van der Waals surface area contributed by atoms with E-state index in [-0.39, 0.29) is 17.4 Å². The summed E-state index contributed by atoms with van der Waals surface area (Å²) in [7, 11) is 1.69. The van der Waals surface area contributed by atoms with Crippen LogP contribution >= 0.6 is 11.8 Å². The zero-order valence-corrected chi connectivity index (χ0v) is 18.0. The van der Waals surface area contributed by atoms with Crippen LogP contribution in [-0.4, -0.2) is 54.8 Å². The molecule has 1 aromatic carbocycles. The van der Waals surface area contributed by atoms with Gasteiger partial charge in [0.2, 0.25) is 0 Å². The van der Waals surface area contributed by atoms with Gasteiger partial charge in [-0.15, -0.1) is 0 Å². The molecule has 0 saturated carbocycles. The van der Waals surface area contributed by atoms with E-state index in [2.05, 4.69) is 9.97 Å². The highest BCUT2D eigenvalue weighted by atomic mass is 32.2. The molecule has 2 aromatic heterocycles. The molecule has 0 radical (unpaired) electrons. The van der Waals surface area contributed by atoms with Gasteiger partial charge >= 0.3 is 6.09 Å². The van der Waals surface area contributed by atoms with Crippen LogP contribution in [0.5, 0.6) is 0 Å². The molecule has 1 saturated heterocycles. The molecule has 0 atom stereocenters. The van der Waals surface area contributed by atoms with Crippen molar-refractivity contribution in [2.24, 2.45) is 7.05 Å². The average molecular weight is 444 g/mol. The molecule has 1 amide bonds. The number of amides is 1. The number of likely N-dealkylation sites (tertiary alicyclic amines) is 1. The maximum Gasteiger partial charge on any atom is 0.407 e. The second-order valence-corrected chi connectivity index (χ2v) is 8.11. The minimum Gasteiger partial charge on any atom is -0.465 e. The lowest BCUT2D eigenvalue weighted by Gasteiger charge is -2.32. The molecule has 0 bridgehead atoms. The van der Waals surface area contributed by atoms with E-state index in [1.165, 1.54) is 28.8 Å². The van der Waals surface area contributed by atoms with Crippen LogP contribution in [0.4, 0.5) is 9.18 Å². The number of piperidine rings is 1. The van der Waals surface area contributed by atoms with Gasteiger partial charge < -0.3 is 10.0 Å². The predicted octanol–water partition coefficient (Wildman–Crippen LogP) is 3.49. The van der Waals surface area contributed by atoms with E-state index in [0.29, 0.717) is 53.6 Å². The third kappa shape index (κ3) is 3.95. The normalized spacial score (nSPS) is 14.7. The zero-order chi connectivity index (χ0) is 22.1. The maximum atomic E-state index is 13.5. The monoisotopic (exact) mass is 443 g/mol. The molecule has 1 aliphatic rings. The number of hydrogen-bond acceptors (Lipinski definition) is 5. The van der Waals surface area contributed by atoms with Gasteiger partial charge in [-0.2, -0.15) is 0 Å². The number of carboxylic acid groups (broad SMARTS) is 1. The van der Waals surface area contributed by atoms with Gasteiger partial charge in [-0.25, -0.2) is 19.2 Å². The SMILES string of the molecule is CSc1nccc(-c2c(-c3ccc(F)cc3)c(=O)n(C)n2C2CCN(C(=O)O)CC2)n1. The lowest BCUT2D eigenvalue weighted by molar-refractivity contribution is 0.122. The minimum absolute atomic E-state index is 0.0785. The highest BCUT2D eigenvalue weighted by Gasteiger charge is 2.30. The molecule has 162 valence electrons. The Kier molecular flexibility index (Phi) is 5.81. The number of nitrogens with zero attached hydrogens (tertiary/aromatic N) is 5. The first-order chi connectivity index (χ1) is 14.9. The number of hydrogen-bond donors (Lipinski definition) is 1. The lowest BCUT2D eigenvalue weighted by atomic mass is 10.0. The molecule has 3 heterocycles. The van der Waals surface area contributed by atoms with Gasteiger partial charge in [0, 0.05) is 26.3 Å². The standard InChI is InChI=1S/C21H22FN5O3S/c1-25-19(28)17(13-3-5-14(22)6-4-13)18(16-7-10-23-20(24-16)31-2)27(25)15-8-11-26(12-9-15)21(29)30/h3-7,10,15H,8-9,11-12H2,1-2H3,(H,29,30). The van der Waals surface area contributed by atoms with Crippen LogP contribution in [0.25, 0.3) is 22.5 Å². The maximum absolute atomic E-state index is 13.5. The van der Waals surface area contributed by atoms with Crippen LogP contribution in [0.1, 0.15) is 18.9 Å². The van der Waals surface area contributed by atoms with Gasteiger partial charge in [0.25, 0.3) is 5.56 Å². The average Bonchev–Trinajstić information content (AvgIpc) is 3.05. The van der Waals surface area contributed by atoms with Crippen molar-refractivity contribution in [3.63, 3.8) is 0 Å². The van der Waals surface area contributed by atoms with Crippen molar-refractivity contribution in [3.05, 3.63) is 52.7 Å². The largest absolute Gasteiger partial charge is 0.465 e. The summed E-state index contributed by atoms with van der Waals surface area (Å²) in [6.45, 7) is 0.773. The van der Waals surface area contributed by atoms with Crippen LogP contribution in [-0.2, 0) is 7.05 Å². The van der Waals surface area contributed by atoms with Crippen molar-refractivity contribution in [2.45, 2.75) is 24.0 Å². The van der Waals surface area contributed by atoms with Gasteiger partial charge in [0.05, 0.1) is 23.0 Å². The summed E-state index contributed by atoms with van der Waals surface area (Å²) in [6.07, 6.45) is 3.74. The van der Waals surface area contributed by atoms with Crippen LogP contribution in [0.15, 0.2) is 46.5 Å². The molecule has 0 aliphatic carbocycles. The Balaban J connectivity index is 1.90. The van der Waals surface area contributed by atoms with Crippen molar-refractivity contribution in [1.29, 1.82) is 0 Å². The second-order valence-electron chi connectivity index (χ2n) is 7.33. The first-order valence-electron chi connectivity index (χ1n) is 9.83. The van der Waals surface area contributed by atoms with Gasteiger partial charge in [-0.3, -0.25) is 14.2 Å². The summed E-state index contributed by atoms with van der Waals surface area (Å²) >= 11 is 1.40. The Morgan fingerprint density at radius 1 is 1.19 bits per heavy atom. The molecule has 3 aromatic rings. The van der Waals surface area contributed by atoms with Gasteiger partial charge in [-0.05, 0) is 42.9 Å². The summed E-state index contributed by atoms with van der Waals surface area (Å²) in [5.41, 5.74) is 2.05. The quantitative estimate of drug-likeness (QED) is 0.490. The fourth-order valence-electron chi connectivity index (χ4n) is 4.05. The fourth-order valence-corrected chi connectivity index (χ4v) is 4.40. The third-order valence-corrected chi connectivity index (χ3v) is 6.13. The van der Waals surface area contributed by atoms with E-state index in [9.17, 15) is 19.1 Å². The summed E-state index contributed by atoms with van der Waals surface area (Å²) < 4.78 is 17.0. The predicted molar refractivity (Wildman–Crippen MR) is 116 cm³/mol. The summed E-state index contributed by atoms with van der Waals surface area (Å²) in [5, 5.41) is 9.85. The van der Waals surface area contributed by atoms with Crippen LogP contribution in [0.2, 0.25) is 0 Å². The highest BCUT2D eigenvalue weighted by molar-refractivity contribution is 7.98. The highest BCUT2D eigenvalue weighted by Crippen LogP contribution is 2.34. The van der Waals surface area contributed by atoms with Crippen molar-refractivity contribution < 1.29 is 14.3 Å². The van der Waals surface area contributed by atoms with Crippen LogP contribution in [0, 0.1) is 5.82 Å². The second kappa shape index (κ2) is 8.54. The van der Waals surface area contributed by atoms with E-state index < -0.39 is 6.09 Å². The van der Waals surface area contributed by atoms with Crippen molar-refractivity contribution >= 4 is 17.9 Å². The third-order valence-electron chi connectivity index (χ3n) is 5.57. The van der Waals surface area contributed by atoms with Crippen LogP contribution < -0.4 is 5.56 Å². The Hall–Kier alpha value is -3.14. The summed E-state index contributed by atoms with van der Waals surface area (Å²) in [6, 6.07) is 7.51. The smallest absolute Gasteiger partial charge is 0.407 e. The Morgan fingerprint density at radius 2 is 1.87 bits per heavy atom. The molecule has 1 aliphatic heterocycles. The van der Waals surface area contributed by atoms with E-state index in [1.54, 1.807) is 36.1 Å². The van der Waals surface area contributed by atoms with Gasteiger partial charge in [0.1, 0.15) is 5.82 Å². The number of rotatable bonds is 4. The number of halogens is 1.